The number of nitrogens with zero attached hydrogens (tertiary/aromatic N) is 1. The van der Waals surface area contributed by atoms with Gasteiger partial charge in [0.1, 0.15) is 12.5 Å². The van der Waals surface area contributed by atoms with Crippen LogP contribution in [0.4, 0.5) is 5.69 Å². The van der Waals surface area contributed by atoms with Gasteiger partial charge >= 0.3 is 0 Å². The molecule has 0 saturated heterocycles. The van der Waals surface area contributed by atoms with Gasteiger partial charge in [0.25, 0.3) is 0 Å². The first-order chi connectivity index (χ1) is 11.9. The second kappa shape index (κ2) is 10.8. The van der Waals surface area contributed by atoms with Gasteiger partial charge in [0.2, 0.25) is 5.91 Å². The lowest BCUT2D eigenvalue weighted by Gasteiger charge is -2.14. The number of rotatable bonds is 10. The topological polar surface area (TPSA) is 69.2 Å². The smallest absolute Gasteiger partial charge is 0.226 e. The van der Waals surface area contributed by atoms with Gasteiger partial charge in [0, 0.05) is 20.1 Å². The number of methoxy groups -OCH3 is 2. The van der Waals surface area contributed by atoms with Crippen LogP contribution in [-0.2, 0) is 20.9 Å². The van der Waals surface area contributed by atoms with Gasteiger partial charge in [0.15, 0.2) is 0 Å². The summed E-state index contributed by atoms with van der Waals surface area (Å²) in [6, 6.07) is 5.53. The van der Waals surface area contributed by atoms with Crippen molar-refractivity contribution in [3.05, 3.63) is 23.8 Å². The zero-order valence-electron chi connectivity index (χ0n) is 15.9. The number of carbonyl (C=O) groups is 1. The van der Waals surface area contributed by atoms with Crippen LogP contribution in [0.5, 0.6) is 5.75 Å². The fraction of sp³-hybridized carbons (Fsp3) is 0.579. The number of nitrogens with one attached hydrogen (secondary N) is 1. The Morgan fingerprint density at radius 2 is 2.04 bits per heavy atom. The van der Waals surface area contributed by atoms with E-state index in [1.165, 1.54) is 0 Å². The third-order valence-electron chi connectivity index (χ3n) is 3.31. The van der Waals surface area contributed by atoms with Gasteiger partial charge in [-0.3, -0.25) is 9.79 Å². The maximum absolute atomic E-state index is 12.1. The molecule has 6 heteroatoms. The first-order valence-electron chi connectivity index (χ1n) is 8.37. The molecular weight excluding hydrogens is 320 g/mol. The Bertz CT molecular complexity index is 565. The van der Waals surface area contributed by atoms with Gasteiger partial charge in [-0.15, -0.1) is 0 Å². The highest BCUT2D eigenvalue weighted by Gasteiger charge is 2.09. The van der Waals surface area contributed by atoms with Crippen molar-refractivity contribution in [3.8, 4) is 5.75 Å². The second-order valence-corrected chi connectivity index (χ2v) is 6.94. The van der Waals surface area contributed by atoms with E-state index in [9.17, 15) is 4.79 Å². The molecule has 1 amide bonds. The van der Waals surface area contributed by atoms with Crippen LogP contribution in [0.15, 0.2) is 23.2 Å². The molecule has 140 valence electrons. The average molecular weight is 350 g/mol. The van der Waals surface area contributed by atoms with E-state index in [0.717, 1.165) is 12.0 Å². The zero-order chi connectivity index (χ0) is 18.7. The van der Waals surface area contributed by atoms with Crippen molar-refractivity contribution in [2.75, 3.05) is 32.9 Å². The number of ether oxygens (including phenoxy) is 3. The van der Waals surface area contributed by atoms with Crippen molar-refractivity contribution >= 4 is 17.8 Å². The molecule has 25 heavy (non-hydrogen) atoms. The summed E-state index contributed by atoms with van der Waals surface area (Å²) in [5, 5.41) is 2.86. The molecule has 0 fully saturated rings. The van der Waals surface area contributed by atoms with E-state index in [1.807, 2.05) is 24.4 Å². The van der Waals surface area contributed by atoms with E-state index in [1.54, 1.807) is 14.2 Å². The summed E-state index contributed by atoms with van der Waals surface area (Å²) >= 11 is 0. The summed E-state index contributed by atoms with van der Waals surface area (Å²) in [6.45, 7) is 7.59. The summed E-state index contributed by atoms with van der Waals surface area (Å²) < 4.78 is 15.5. The van der Waals surface area contributed by atoms with Crippen molar-refractivity contribution in [2.24, 2.45) is 10.4 Å². The van der Waals surface area contributed by atoms with Crippen LogP contribution in [0.3, 0.4) is 0 Å². The summed E-state index contributed by atoms with van der Waals surface area (Å²) in [7, 11) is 3.15. The predicted octanol–water partition coefficient (Wildman–Crippen LogP) is 3.65. The number of hydrogen-bond donors (Lipinski definition) is 1. The van der Waals surface area contributed by atoms with Crippen molar-refractivity contribution < 1.29 is 19.0 Å². The van der Waals surface area contributed by atoms with E-state index in [4.69, 9.17) is 14.2 Å². The first kappa shape index (κ1) is 21.1. The van der Waals surface area contributed by atoms with Crippen LogP contribution in [0.2, 0.25) is 0 Å². The zero-order valence-corrected chi connectivity index (χ0v) is 15.9. The van der Waals surface area contributed by atoms with Crippen LogP contribution in [0.1, 0.15) is 39.2 Å². The average Bonchev–Trinajstić information content (AvgIpc) is 2.55. The molecule has 0 spiro atoms. The molecule has 0 bridgehead atoms. The molecule has 0 aliphatic carbocycles. The van der Waals surface area contributed by atoms with E-state index in [0.29, 0.717) is 31.0 Å². The molecule has 0 aliphatic heterocycles. The summed E-state index contributed by atoms with van der Waals surface area (Å²) in [6.07, 6.45) is 3.13. The Labute approximate surface area is 150 Å². The van der Waals surface area contributed by atoms with E-state index in [-0.39, 0.29) is 18.1 Å². The summed E-state index contributed by atoms with van der Waals surface area (Å²) in [4.78, 5) is 16.3. The van der Waals surface area contributed by atoms with Crippen molar-refractivity contribution in [1.82, 2.24) is 0 Å². The molecule has 0 saturated carbocycles. The predicted molar refractivity (Wildman–Crippen MR) is 100 cm³/mol. The number of carbonyl (C=O) groups excluding carboxylic acids is 1. The highest BCUT2D eigenvalue weighted by Crippen LogP contribution is 2.26. The molecule has 0 aliphatic rings. The molecular formula is C19H30N2O4. The van der Waals surface area contributed by atoms with Crippen LogP contribution in [0.25, 0.3) is 0 Å². The highest BCUT2D eigenvalue weighted by atomic mass is 16.7. The van der Waals surface area contributed by atoms with Crippen molar-refractivity contribution in [1.29, 1.82) is 0 Å². The number of amides is 1. The lowest BCUT2D eigenvalue weighted by atomic mass is 9.93. The Morgan fingerprint density at radius 3 is 2.68 bits per heavy atom. The molecule has 0 unspecified atom stereocenters. The van der Waals surface area contributed by atoms with Gasteiger partial charge in [-0.1, -0.05) is 26.8 Å². The maximum Gasteiger partial charge on any atom is 0.226 e. The standard InChI is InChI=1S/C19H30N2O4/c1-19(2,3)9-11-20-10-8-18(22)21-16-7-6-15(12-17(16)24-5)13-25-14-23-4/h6-7,11-12H,8-10,13-14H2,1-5H3,(H,21,22)/b20-11+. The maximum atomic E-state index is 12.1. The van der Waals surface area contributed by atoms with Gasteiger partial charge in [-0.05, 0) is 35.7 Å². The molecule has 1 N–H and O–H groups in total. The van der Waals surface area contributed by atoms with E-state index < -0.39 is 0 Å². The van der Waals surface area contributed by atoms with Crippen LogP contribution < -0.4 is 10.1 Å². The molecule has 1 aromatic carbocycles. The quantitative estimate of drug-likeness (QED) is 0.397. The minimum atomic E-state index is -0.0883. The first-order valence-corrected chi connectivity index (χ1v) is 8.37. The van der Waals surface area contributed by atoms with Crippen molar-refractivity contribution in [3.63, 3.8) is 0 Å². The number of hydrogen-bond acceptors (Lipinski definition) is 5. The lowest BCUT2D eigenvalue weighted by molar-refractivity contribution is -0.116. The molecule has 0 atom stereocenters. The number of benzene rings is 1. The Kier molecular flexibility index (Phi) is 9.16. The van der Waals surface area contributed by atoms with Gasteiger partial charge in [-0.2, -0.15) is 0 Å². The monoisotopic (exact) mass is 350 g/mol. The van der Waals surface area contributed by atoms with Crippen LogP contribution >= 0.6 is 0 Å². The molecule has 0 aromatic heterocycles. The summed E-state index contributed by atoms with van der Waals surface area (Å²) in [5.74, 6) is 0.512. The van der Waals surface area contributed by atoms with Crippen molar-refractivity contribution in [2.45, 2.75) is 40.2 Å². The summed E-state index contributed by atoms with van der Waals surface area (Å²) in [5.41, 5.74) is 1.80. The SMILES string of the molecule is COCOCc1ccc(NC(=O)CC/N=C/CC(C)(C)C)c(OC)c1. The Hall–Kier alpha value is -1.92. The molecule has 1 rings (SSSR count). The van der Waals surface area contributed by atoms with Gasteiger partial charge in [0.05, 0.1) is 19.4 Å². The third-order valence-corrected chi connectivity index (χ3v) is 3.31. The van der Waals surface area contributed by atoms with E-state index >= 15 is 0 Å². The fourth-order valence-electron chi connectivity index (χ4n) is 1.98. The van der Waals surface area contributed by atoms with Crippen LogP contribution in [-0.4, -0.2) is 39.7 Å². The van der Waals surface area contributed by atoms with Crippen LogP contribution in [0, 0.1) is 5.41 Å². The molecule has 6 nitrogen and oxygen atoms in total. The second-order valence-electron chi connectivity index (χ2n) is 6.94. The van der Waals surface area contributed by atoms with Gasteiger partial charge < -0.3 is 19.5 Å². The lowest BCUT2D eigenvalue weighted by Crippen LogP contribution is -2.13. The Balaban J connectivity index is 2.50. The normalized spacial score (nSPS) is 11.7. The molecule has 0 radical (unpaired) electrons. The minimum Gasteiger partial charge on any atom is -0.495 e. The number of aliphatic imine (C=N–C) groups is 1. The third kappa shape index (κ3) is 9.22. The minimum absolute atomic E-state index is 0.0883. The Morgan fingerprint density at radius 1 is 1.28 bits per heavy atom. The number of anilines is 1. The highest BCUT2D eigenvalue weighted by molar-refractivity contribution is 5.92. The van der Waals surface area contributed by atoms with E-state index in [2.05, 4.69) is 31.1 Å². The molecule has 1 aromatic rings. The molecule has 0 heterocycles. The largest absolute Gasteiger partial charge is 0.495 e. The van der Waals surface area contributed by atoms with Gasteiger partial charge in [-0.25, -0.2) is 0 Å². The fourth-order valence-corrected chi connectivity index (χ4v) is 1.98.